The summed E-state index contributed by atoms with van der Waals surface area (Å²) in [6.07, 6.45) is 1.78. The van der Waals surface area contributed by atoms with Crippen molar-refractivity contribution in [2.75, 3.05) is 6.54 Å². The van der Waals surface area contributed by atoms with E-state index in [0.717, 1.165) is 0 Å². The van der Waals surface area contributed by atoms with Gasteiger partial charge in [-0.15, -0.1) is 6.58 Å². The van der Waals surface area contributed by atoms with Crippen molar-refractivity contribution in [3.05, 3.63) is 12.7 Å². The highest BCUT2D eigenvalue weighted by Crippen LogP contribution is 2.11. The quantitative estimate of drug-likeness (QED) is 0.517. The molecule has 82 valence electrons. The fourth-order valence-electron chi connectivity index (χ4n) is 1.34. The van der Waals surface area contributed by atoms with Gasteiger partial charge >= 0.3 is 5.97 Å². The highest BCUT2D eigenvalue weighted by atomic mass is 32.1. The minimum Gasteiger partial charge on any atom is -0.481 e. The molecule has 0 aliphatic carbocycles. The van der Waals surface area contributed by atoms with Crippen molar-refractivity contribution in [3.63, 3.8) is 0 Å². The second-order valence-corrected chi connectivity index (χ2v) is 3.56. The van der Waals surface area contributed by atoms with E-state index in [-0.39, 0.29) is 18.7 Å². The van der Waals surface area contributed by atoms with E-state index in [4.69, 9.17) is 17.3 Å². The molecule has 1 aliphatic rings. The molecule has 0 aromatic heterocycles. The summed E-state index contributed by atoms with van der Waals surface area (Å²) in [4.78, 5) is 23.4. The largest absolute Gasteiger partial charge is 0.481 e. The smallest absolute Gasteiger partial charge is 0.303 e. The molecule has 1 fully saturated rings. The average Bonchev–Trinajstić information content (AvgIpc) is 2.43. The van der Waals surface area contributed by atoms with Gasteiger partial charge in [0.05, 0.1) is 0 Å². The van der Waals surface area contributed by atoms with Crippen LogP contribution in [-0.2, 0) is 9.59 Å². The molecule has 1 atom stereocenters. The van der Waals surface area contributed by atoms with Crippen LogP contribution in [0.1, 0.15) is 12.8 Å². The first-order valence-electron chi connectivity index (χ1n) is 4.51. The number of nitrogens with one attached hydrogen (secondary N) is 1. The minimum atomic E-state index is -0.919. The van der Waals surface area contributed by atoms with Crippen LogP contribution in [0.2, 0.25) is 0 Å². The van der Waals surface area contributed by atoms with Crippen molar-refractivity contribution in [1.82, 2.24) is 10.2 Å². The number of nitrogens with zero attached hydrogens (tertiary/aromatic N) is 1. The maximum atomic E-state index is 11.7. The Morgan fingerprint density at radius 1 is 1.73 bits per heavy atom. The van der Waals surface area contributed by atoms with Crippen molar-refractivity contribution < 1.29 is 14.7 Å². The highest BCUT2D eigenvalue weighted by Gasteiger charge is 2.34. The molecule has 5 nitrogen and oxygen atoms in total. The summed E-state index contributed by atoms with van der Waals surface area (Å²) in [7, 11) is 0. The second-order valence-electron chi connectivity index (χ2n) is 3.17. The molecule has 0 saturated carbocycles. The summed E-state index contributed by atoms with van der Waals surface area (Å²) in [6.45, 7) is 3.87. The number of hydrogen-bond donors (Lipinski definition) is 2. The van der Waals surface area contributed by atoms with Gasteiger partial charge in [-0.05, 0) is 18.6 Å². The van der Waals surface area contributed by atoms with Gasteiger partial charge in [-0.3, -0.25) is 14.5 Å². The van der Waals surface area contributed by atoms with E-state index in [0.29, 0.717) is 11.7 Å². The van der Waals surface area contributed by atoms with Crippen LogP contribution in [0, 0.1) is 0 Å². The molecule has 1 amide bonds. The Hall–Kier alpha value is -1.43. The van der Waals surface area contributed by atoms with Crippen LogP contribution in [0.5, 0.6) is 0 Å². The van der Waals surface area contributed by atoms with Gasteiger partial charge in [0, 0.05) is 13.0 Å². The first-order valence-corrected chi connectivity index (χ1v) is 4.91. The number of amides is 1. The molecule has 0 bridgehead atoms. The topological polar surface area (TPSA) is 69.6 Å². The molecule has 1 heterocycles. The van der Waals surface area contributed by atoms with Gasteiger partial charge in [0.25, 0.3) is 5.91 Å². The van der Waals surface area contributed by atoms with E-state index in [1.165, 1.54) is 4.90 Å². The van der Waals surface area contributed by atoms with Crippen LogP contribution in [0.3, 0.4) is 0 Å². The van der Waals surface area contributed by atoms with Gasteiger partial charge in [-0.1, -0.05) is 6.08 Å². The van der Waals surface area contributed by atoms with E-state index in [2.05, 4.69) is 11.9 Å². The molecule has 0 radical (unpaired) electrons. The number of thiocarbonyl (C=S) groups is 1. The summed E-state index contributed by atoms with van der Waals surface area (Å²) < 4.78 is 0. The number of carbonyl (C=O) groups is 2. The second kappa shape index (κ2) is 4.88. The zero-order valence-electron chi connectivity index (χ0n) is 8.10. The number of aliphatic carboxylic acids is 1. The lowest BCUT2D eigenvalue weighted by Crippen LogP contribution is -2.31. The van der Waals surface area contributed by atoms with Gasteiger partial charge in [0.1, 0.15) is 6.04 Å². The molecule has 1 unspecified atom stereocenters. The molecular formula is C9H12N2O3S. The third-order valence-electron chi connectivity index (χ3n) is 2.07. The van der Waals surface area contributed by atoms with Gasteiger partial charge in [-0.2, -0.15) is 0 Å². The van der Waals surface area contributed by atoms with Crippen LogP contribution >= 0.6 is 12.2 Å². The molecule has 0 spiro atoms. The van der Waals surface area contributed by atoms with Crippen molar-refractivity contribution in [2.45, 2.75) is 18.9 Å². The summed E-state index contributed by atoms with van der Waals surface area (Å²) >= 11 is 4.94. The Kier molecular flexibility index (Phi) is 3.79. The van der Waals surface area contributed by atoms with Crippen LogP contribution in [0.25, 0.3) is 0 Å². The molecule has 15 heavy (non-hydrogen) atoms. The van der Waals surface area contributed by atoms with Crippen molar-refractivity contribution >= 4 is 29.2 Å². The van der Waals surface area contributed by atoms with Gasteiger partial charge in [0.15, 0.2) is 5.11 Å². The van der Waals surface area contributed by atoms with Crippen molar-refractivity contribution in [1.29, 1.82) is 0 Å². The Labute approximate surface area is 92.7 Å². The molecule has 1 rings (SSSR count). The third-order valence-corrected chi connectivity index (χ3v) is 2.40. The standard InChI is InChI=1S/C9H12N2O3S/c1-2-5-11-8(14)6(10-9(11)15)3-4-7(12)13/h2,6H,1,3-5H2,(H,10,15)(H,12,13). The highest BCUT2D eigenvalue weighted by molar-refractivity contribution is 7.80. The van der Waals surface area contributed by atoms with Crippen molar-refractivity contribution in [2.24, 2.45) is 0 Å². The average molecular weight is 228 g/mol. The predicted molar refractivity (Wildman–Crippen MR) is 58.3 cm³/mol. The zero-order valence-corrected chi connectivity index (χ0v) is 8.92. The maximum Gasteiger partial charge on any atom is 0.303 e. The Morgan fingerprint density at radius 2 is 2.40 bits per heavy atom. The molecule has 1 saturated heterocycles. The van der Waals surface area contributed by atoms with E-state index in [9.17, 15) is 9.59 Å². The number of carbonyl (C=O) groups excluding carboxylic acids is 1. The Bertz CT molecular complexity index is 316. The minimum absolute atomic E-state index is 0.0477. The summed E-state index contributed by atoms with van der Waals surface area (Å²) in [5.41, 5.74) is 0. The number of carboxylic acid groups (broad SMARTS) is 1. The molecular weight excluding hydrogens is 216 g/mol. The molecule has 0 aromatic rings. The third kappa shape index (κ3) is 2.76. The lowest BCUT2D eigenvalue weighted by Gasteiger charge is -2.11. The van der Waals surface area contributed by atoms with E-state index < -0.39 is 12.0 Å². The first-order chi connectivity index (χ1) is 7.06. The summed E-state index contributed by atoms with van der Waals surface area (Å²) in [5, 5.41) is 11.6. The Balaban J connectivity index is 2.56. The van der Waals surface area contributed by atoms with E-state index >= 15 is 0 Å². The molecule has 2 N–H and O–H groups in total. The van der Waals surface area contributed by atoms with Crippen LogP contribution in [0.4, 0.5) is 0 Å². The Morgan fingerprint density at radius 3 is 2.93 bits per heavy atom. The molecule has 6 heteroatoms. The fourth-order valence-corrected chi connectivity index (χ4v) is 1.65. The molecule has 0 aromatic carbocycles. The first kappa shape index (κ1) is 11.6. The zero-order chi connectivity index (χ0) is 11.4. The van der Waals surface area contributed by atoms with Crippen LogP contribution in [0.15, 0.2) is 12.7 Å². The maximum absolute atomic E-state index is 11.7. The predicted octanol–water partition coefficient (Wildman–Crippen LogP) is 0.123. The van der Waals surface area contributed by atoms with Gasteiger partial charge < -0.3 is 10.4 Å². The number of rotatable bonds is 5. The number of hydrogen-bond acceptors (Lipinski definition) is 3. The SMILES string of the molecule is C=CCN1C(=O)C(CCC(=O)O)NC1=S. The summed E-state index contributed by atoms with van der Waals surface area (Å²) in [6, 6.07) is -0.506. The van der Waals surface area contributed by atoms with E-state index in [1.807, 2.05) is 0 Å². The number of carboxylic acids is 1. The van der Waals surface area contributed by atoms with Gasteiger partial charge in [0.2, 0.25) is 0 Å². The van der Waals surface area contributed by atoms with Crippen LogP contribution in [-0.4, -0.2) is 39.6 Å². The van der Waals surface area contributed by atoms with Crippen molar-refractivity contribution in [3.8, 4) is 0 Å². The van der Waals surface area contributed by atoms with Gasteiger partial charge in [-0.25, -0.2) is 0 Å². The lowest BCUT2D eigenvalue weighted by atomic mass is 10.1. The molecule has 1 aliphatic heterocycles. The van der Waals surface area contributed by atoms with Crippen LogP contribution < -0.4 is 5.32 Å². The summed E-state index contributed by atoms with van der Waals surface area (Å²) in [5.74, 6) is -1.10. The normalized spacial score (nSPS) is 20.3. The lowest BCUT2D eigenvalue weighted by molar-refractivity contribution is -0.137. The fraction of sp³-hybridized carbons (Fsp3) is 0.444. The van der Waals surface area contributed by atoms with E-state index in [1.54, 1.807) is 6.08 Å². The monoisotopic (exact) mass is 228 g/mol.